The SMILES string of the molecule is COc1cccc(OC[C@@H](O)Cn2c([C@H](C)O)nc3ccccc32)c1. The molecule has 25 heavy (non-hydrogen) atoms. The van der Waals surface area contributed by atoms with Gasteiger partial charge in [-0.2, -0.15) is 0 Å². The number of para-hydroxylation sites is 2. The van der Waals surface area contributed by atoms with Crippen LogP contribution in [-0.2, 0) is 6.54 Å². The Bertz CT molecular complexity index is 844. The maximum absolute atomic E-state index is 10.4. The van der Waals surface area contributed by atoms with Crippen molar-refractivity contribution in [2.24, 2.45) is 0 Å². The lowest BCUT2D eigenvalue weighted by Gasteiger charge is -2.16. The van der Waals surface area contributed by atoms with Crippen LogP contribution in [0.2, 0.25) is 0 Å². The molecule has 3 aromatic rings. The average molecular weight is 342 g/mol. The van der Waals surface area contributed by atoms with E-state index in [0.717, 1.165) is 11.0 Å². The molecule has 0 unspecified atom stereocenters. The molecule has 0 saturated carbocycles. The van der Waals surface area contributed by atoms with E-state index in [9.17, 15) is 10.2 Å². The topological polar surface area (TPSA) is 76.7 Å². The van der Waals surface area contributed by atoms with Gasteiger partial charge in [-0.15, -0.1) is 0 Å². The number of hydrogen-bond donors (Lipinski definition) is 2. The van der Waals surface area contributed by atoms with Crippen molar-refractivity contribution >= 4 is 11.0 Å². The fraction of sp³-hybridized carbons (Fsp3) is 0.316. The molecule has 0 aliphatic heterocycles. The number of ether oxygens (including phenoxy) is 2. The van der Waals surface area contributed by atoms with E-state index in [4.69, 9.17) is 9.47 Å². The number of nitrogens with zero attached hydrogens (tertiary/aromatic N) is 2. The minimum absolute atomic E-state index is 0.124. The van der Waals surface area contributed by atoms with Crippen molar-refractivity contribution in [2.75, 3.05) is 13.7 Å². The van der Waals surface area contributed by atoms with Gasteiger partial charge in [0.05, 0.1) is 24.7 Å². The van der Waals surface area contributed by atoms with Gasteiger partial charge in [0.1, 0.15) is 36.1 Å². The van der Waals surface area contributed by atoms with E-state index in [-0.39, 0.29) is 13.2 Å². The summed E-state index contributed by atoms with van der Waals surface area (Å²) in [7, 11) is 1.59. The van der Waals surface area contributed by atoms with Crippen molar-refractivity contribution in [3.05, 3.63) is 54.4 Å². The molecule has 0 fully saturated rings. The summed E-state index contributed by atoms with van der Waals surface area (Å²) in [5, 5.41) is 20.4. The maximum Gasteiger partial charge on any atom is 0.138 e. The maximum atomic E-state index is 10.4. The van der Waals surface area contributed by atoms with Crippen LogP contribution in [0.25, 0.3) is 11.0 Å². The first-order valence-corrected chi connectivity index (χ1v) is 8.16. The van der Waals surface area contributed by atoms with Crippen LogP contribution in [0.5, 0.6) is 11.5 Å². The molecule has 0 spiro atoms. The van der Waals surface area contributed by atoms with Crippen LogP contribution in [0.15, 0.2) is 48.5 Å². The number of hydrogen-bond acceptors (Lipinski definition) is 5. The molecule has 0 aliphatic carbocycles. The first-order valence-electron chi connectivity index (χ1n) is 8.16. The Morgan fingerprint density at radius 3 is 2.60 bits per heavy atom. The van der Waals surface area contributed by atoms with Crippen LogP contribution in [0.3, 0.4) is 0 Å². The first-order chi connectivity index (χ1) is 12.1. The zero-order chi connectivity index (χ0) is 17.8. The number of aliphatic hydroxyl groups excluding tert-OH is 2. The molecule has 2 N–H and O–H groups in total. The normalized spacial score (nSPS) is 13.6. The zero-order valence-electron chi connectivity index (χ0n) is 14.3. The van der Waals surface area contributed by atoms with Gasteiger partial charge in [-0.05, 0) is 31.2 Å². The fourth-order valence-corrected chi connectivity index (χ4v) is 2.75. The summed E-state index contributed by atoms with van der Waals surface area (Å²) in [6.07, 6.45) is -1.47. The van der Waals surface area contributed by atoms with E-state index in [2.05, 4.69) is 4.98 Å². The molecule has 0 amide bonds. The van der Waals surface area contributed by atoms with Crippen LogP contribution in [0, 0.1) is 0 Å². The lowest BCUT2D eigenvalue weighted by atomic mass is 10.3. The third kappa shape index (κ3) is 3.92. The fourth-order valence-electron chi connectivity index (χ4n) is 2.75. The quantitative estimate of drug-likeness (QED) is 0.690. The van der Waals surface area contributed by atoms with Gasteiger partial charge in [0.15, 0.2) is 0 Å². The third-order valence-electron chi connectivity index (χ3n) is 3.93. The van der Waals surface area contributed by atoms with Crippen molar-refractivity contribution in [3.8, 4) is 11.5 Å². The number of fused-ring (bicyclic) bond motifs is 1. The second-order valence-electron chi connectivity index (χ2n) is 5.89. The number of benzene rings is 2. The largest absolute Gasteiger partial charge is 0.497 e. The highest BCUT2D eigenvalue weighted by molar-refractivity contribution is 5.76. The van der Waals surface area contributed by atoms with Crippen molar-refractivity contribution in [3.63, 3.8) is 0 Å². The molecule has 6 nitrogen and oxygen atoms in total. The van der Waals surface area contributed by atoms with Gasteiger partial charge in [-0.3, -0.25) is 0 Å². The van der Waals surface area contributed by atoms with E-state index in [1.54, 1.807) is 20.1 Å². The third-order valence-corrected chi connectivity index (χ3v) is 3.93. The molecule has 0 radical (unpaired) electrons. The van der Waals surface area contributed by atoms with Gasteiger partial charge < -0.3 is 24.3 Å². The van der Waals surface area contributed by atoms with Crippen molar-refractivity contribution < 1.29 is 19.7 Å². The van der Waals surface area contributed by atoms with Crippen molar-refractivity contribution in [1.82, 2.24) is 9.55 Å². The van der Waals surface area contributed by atoms with Gasteiger partial charge in [0.25, 0.3) is 0 Å². The van der Waals surface area contributed by atoms with Gasteiger partial charge in [-0.25, -0.2) is 4.98 Å². The number of methoxy groups -OCH3 is 1. The highest BCUT2D eigenvalue weighted by Gasteiger charge is 2.17. The van der Waals surface area contributed by atoms with Crippen LogP contribution >= 0.6 is 0 Å². The minimum Gasteiger partial charge on any atom is -0.497 e. The van der Waals surface area contributed by atoms with Crippen molar-refractivity contribution in [1.29, 1.82) is 0 Å². The lowest BCUT2D eigenvalue weighted by molar-refractivity contribution is 0.0894. The minimum atomic E-state index is -0.749. The summed E-state index contributed by atoms with van der Waals surface area (Å²) < 4.78 is 12.6. The Morgan fingerprint density at radius 2 is 1.84 bits per heavy atom. The Morgan fingerprint density at radius 1 is 1.08 bits per heavy atom. The molecule has 2 atom stereocenters. The van der Waals surface area contributed by atoms with Crippen LogP contribution in [0.1, 0.15) is 18.9 Å². The van der Waals surface area contributed by atoms with Gasteiger partial charge in [-0.1, -0.05) is 18.2 Å². The number of aromatic nitrogens is 2. The highest BCUT2D eigenvalue weighted by Crippen LogP contribution is 2.22. The summed E-state index contributed by atoms with van der Waals surface area (Å²) in [6, 6.07) is 14.8. The van der Waals surface area contributed by atoms with Gasteiger partial charge in [0.2, 0.25) is 0 Å². The standard InChI is InChI=1S/C19H22N2O4/c1-13(22)19-20-17-8-3-4-9-18(17)21(19)11-14(23)12-25-16-7-5-6-15(10-16)24-2/h3-10,13-14,22-23H,11-12H2,1-2H3/t13-,14-/m0/s1. The first kappa shape index (κ1) is 17.3. The zero-order valence-corrected chi connectivity index (χ0v) is 14.3. The molecular weight excluding hydrogens is 320 g/mol. The van der Waals surface area contributed by atoms with E-state index < -0.39 is 12.2 Å². The Balaban J connectivity index is 1.73. The molecule has 132 valence electrons. The molecular formula is C19H22N2O4. The smallest absolute Gasteiger partial charge is 0.138 e. The summed E-state index contributed by atoms with van der Waals surface area (Å²) in [5.41, 5.74) is 1.66. The average Bonchev–Trinajstić information content (AvgIpc) is 2.99. The summed E-state index contributed by atoms with van der Waals surface area (Å²) in [4.78, 5) is 4.45. The molecule has 0 bridgehead atoms. The summed E-state index contributed by atoms with van der Waals surface area (Å²) in [5.74, 6) is 1.86. The van der Waals surface area contributed by atoms with Crippen LogP contribution < -0.4 is 9.47 Å². The molecule has 2 aromatic carbocycles. The van der Waals surface area contributed by atoms with Crippen LogP contribution in [-0.4, -0.2) is 39.6 Å². The predicted octanol–water partition coefficient (Wildman–Crippen LogP) is 2.54. The number of aliphatic hydroxyl groups is 2. The molecule has 1 aromatic heterocycles. The number of imidazole rings is 1. The second-order valence-corrected chi connectivity index (χ2v) is 5.89. The lowest BCUT2D eigenvalue weighted by Crippen LogP contribution is -2.25. The second kappa shape index (κ2) is 7.55. The molecule has 1 heterocycles. The summed E-state index contributed by atoms with van der Waals surface area (Å²) in [6.45, 7) is 2.07. The monoisotopic (exact) mass is 342 g/mol. The predicted molar refractivity (Wildman–Crippen MR) is 94.9 cm³/mol. The van der Waals surface area contributed by atoms with Gasteiger partial charge in [0, 0.05) is 6.07 Å². The molecule has 0 saturated heterocycles. The molecule has 0 aliphatic rings. The van der Waals surface area contributed by atoms with E-state index in [1.165, 1.54) is 0 Å². The van der Waals surface area contributed by atoms with E-state index in [0.29, 0.717) is 17.3 Å². The van der Waals surface area contributed by atoms with Gasteiger partial charge >= 0.3 is 0 Å². The van der Waals surface area contributed by atoms with E-state index >= 15 is 0 Å². The summed E-state index contributed by atoms with van der Waals surface area (Å²) >= 11 is 0. The van der Waals surface area contributed by atoms with Crippen LogP contribution in [0.4, 0.5) is 0 Å². The molecule has 6 heteroatoms. The Kier molecular flexibility index (Phi) is 5.21. The highest BCUT2D eigenvalue weighted by atomic mass is 16.5. The Hall–Kier alpha value is -2.57. The van der Waals surface area contributed by atoms with Crippen molar-refractivity contribution in [2.45, 2.75) is 25.7 Å². The number of rotatable bonds is 7. The van der Waals surface area contributed by atoms with E-state index in [1.807, 2.05) is 47.0 Å². The molecule has 3 rings (SSSR count). The Labute approximate surface area is 146 Å².